The maximum Gasteiger partial charge on any atom is 0.337 e. The van der Waals surface area contributed by atoms with Gasteiger partial charge in [0.05, 0.1) is 34.1 Å². The number of nitrogens with one attached hydrogen (secondary N) is 3. The summed E-state index contributed by atoms with van der Waals surface area (Å²) in [4.78, 5) is 38.7. The summed E-state index contributed by atoms with van der Waals surface area (Å²) in [5.41, 5.74) is 4.76. The second kappa shape index (κ2) is 11.0. The van der Waals surface area contributed by atoms with Crippen LogP contribution in [-0.4, -0.2) is 33.9 Å². The molecule has 3 aromatic heterocycles. The molecule has 202 valence electrons. The molecule has 9 nitrogen and oxygen atoms in total. The van der Waals surface area contributed by atoms with Crippen LogP contribution in [-0.2, 0) is 4.74 Å². The zero-order valence-corrected chi connectivity index (χ0v) is 23.0. The molecule has 3 N–H and O–H groups in total. The minimum atomic E-state index is -0.399. The van der Waals surface area contributed by atoms with Crippen molar-refractivity contribution in [2.24, 2.45) is 0 Å². The lowest BCUT2D eigenvalue weighted by Gasteiger charge is -2.15. The number of ether oxygens (including phenoxy) is 1. The van der Waals surface area contributed by atoms with Crippen LogP contribution in [0.2, 0.25) is 0 Å². The summed E-state index contributed by atoms with van der Waals surface area (Å²) in [5, 5.41) is 13.2. The molecule has 6 aromatic rings. The number of rotatable bonds is 7. The van der Waals surface area contributed by atoms with Crippen molar-refractivity contribution in [1.82, 2.24) is 15.0 Å². The zero-order valence-electron chi connectivity index (χ0n) is 22.1. The lowest BCUT2D eigenvalue weighted by molar-refractivity contribution is 0.0600. The lowest BCUT2D eigenvalue weighted by atomic mass is 10.0. The first-order valence-corrected chi connectivity index (χ1v) is 13.6. The van der Waals surface area contributed by atoms with E-state index in [-0.39, 0.29) is 5.91 Å². The van der Waals surface area contributed by atoms with Crippen molar-refractivity contribution in [1.29, 1.82) is 0 Å². The fraction of sp³-hybridized carbons (Fsp3) is 0.0645. The van der Waals surface area contributed by atoms with Crippen LogP contribution < -0.4 is 16.0 Å². The minimum absolute atomic E-state index is 0.263. The Kier molecular flexibility index (Phi) is 6.97. The van der Waals surface area contributed by atoms with Gasteiger partial charge in [-0.3, -0.25) is 4.79 Å². The Morgan fingerprint density at radius 3 is 2.34 bits per heavy atom. The Morgan fingerprint density at radius 1 is 0.805 bits per heavy atom. The third kappa shape index (κ3) is 5.15. The quantitative estimate of drug-likeness (QED) is 0.177. The molecule has 0 aliphatic carbocycles. The number of aryl methyl sites for hydroxylation is 1. The first kappa shape index (κ1) is 25.9. The first-order valence-electron chi connectivity index (χ1n) is 12.7. The second-order valence-corrected chi connectivity index (χ2v) is 10.1. The molecule has 0 aliphatic rings. The highest BCUT2D eigenvalue weighted by Crippen LogP contribution is 2.35. The molecule has 0 atom stereocenters. The normalized spacial score (nSPS) is 10.9. The average molecular weight is 561 g/mol. The number of hydrogen-bond acceptors (Lipinski definition) is 9. The van der Waals surface area contributed by atoms with E-state index in [1.165, 1.54) is 24.8 Å². The van der Waals surface area contributed by atoms with E-state index in [1.54, 1.807) is 35.8 Å². The van der Waals surface area contributed by atoms with Crippen molar-refractivity contribution in [3.63, 3.8) is 0 Å². The van der Waals surface area contributed by atoms with Gasteiger partial charge in [-0.1, -0.05) is 30.3 Å². The maximum absolute atomic E-state index is 13.6. The summed E-state index contributed by atoms with van der Waals surface area (Å²) < 4.78 is 5.57. The number of carbonyl (C=O) groups excluding carboxylic acids is 2. The van der Waals surface area contributed by atoms with Crippen molar-refractivity contribution in [3.05, 3.63) is 107 Å². The van der Waals surface area contributed by atoms with Gasteiger partial charge >= 0.3 is 5.97 Å². The third-order valence-corrected chi connectivity index (χ3v) is 7.57. The Labute approximate surface area is 239 Å². The Bertz CT molecular complexity index is 1910. The summed E-state index contributed by atoms with van der Waals surface area (Å²) in [7, 11) is 1.35. The van der Waals surface area contributed by atoms with Crippen LogP contribution in [0.15, 0.2) is 90.7 Å². The molecule has 10 heteroatoms. The number of methoxy groups -OCH3 is 1. The summed E-state index contributed by atoms with van der Waals surface area (Å²) in [6.45, 7) is 1.95. The third-order valence-electron chi connectivity index (χ3n) is 6.60. The predicted molar refractivity (Wildman–Crippen MR) is 163 cm³/mol. The lowest BCUT2D eigenvalue weighted by Crippen LogP contribution is -2.13. The maximum atomic E-state index is 13.6. The van der Waals surface area contributed by atoms with Gasteiger partial charge in [0.2, 0.25) is 0 Å². The summed E-state index contributed by atoms with van der Waals surface area (Å²) in [5.74, 6) is 0.604. The zero-order chi connectivity index (χ0) is 28.3. The highest BCUT2D eigenvalue weighted by molar-refractivity contribution is 7.18. The highest BCUT2D eigenvalue weighted by Gasteiger charge is 2.19. The summed E-state index contributed by atoms with van der Waals surface area (Å²) in [6, 6.07) is 22.5. The van der Waals surface area contributed by atoms with Gasteiger partial charge in [0, 0.05) is 33.7 Å². The van der Waals surface area contributed by atoms with Crippen molar-refractivity contribution in [2.45, 2.75) is 6.92 Å². The van der Waals surface area contributed by atoms with E-state index < -0.39 is 5.97 Å². The Balaban J connectivity index is 1.29. The molecule has 3 aromatic carbocycles. The van der Waals surface area contributed by atoms with Gasteiger partial charge in [-0.05, 0) is 55.0 Å². The van der Waals surface area contributed by atoms with E-state index in [1.807, 2.05) is 55.5 Å². The number of thiophene rings is 1. The van der Waals surface area contributed by atoms with Crippen LogP contribution in [0.4, 0.5) is 28.7 Å². The van der Waals surface area contributed by atoms with E-state index in [4.69, 9.17) is 4.74 Å². The van der Waals surface area contributed by atoms with Gasteiger partial charge in [0.1, 0.15) is 12.1 Å². The molecule has 41 heavy (non-hydrogen) atoms. The fourth-order valence-electron chi connectivity index (χ4n) is 4.51. The first-order chi connectivity index (χ1) is 20.0. The summed E-state index contributed by atoms with van der Waals surface area (Å²) in [6.07, 6.45) is 3.15. The number of hydrogen-bond donors (Lipinski definition) is 3. The molecule has 0 fully saturated rings. The second-order valence-electron chi connectivity index (χ2n) is 9.20. The number of benzene rings is 3. The fourth-order valence-corrected chi connectivity index (χ4v) is 5.46. The van der Waals surface area contributed by atoms with E-state index >= 15 is 0 Å². The number of nitrogens with zero attached hydrogens (tertiary/aromatic N) is 3. The van der Waals surface area contributed by atoms with Gasteiger partial charge in [0.15, 0.2) is 5.82 Å². The van der Waals surface area contributed by atoms with Crippen molar-refractivity contribution in [3.8, 4) is 0 Å². The van der Waals surface area contributed by atoms with Crippen LogP contribution in [0.1, 0.15) is 26.3 Å². The highest BCUT2D eigenvalue weighted by atomic mass is 32.1. The number of amides is 1. The van der Waals surface area contributed by atoms with Crippen molar-refractivity contribution >= 4 is 72.9 Å². The van der Waals surface area contributed by atoms with Gasteiger partial charge in [-0.15, -0.1) is 11.3 Å². The van der Waals surface area contributed by atoms with E-state index in [2.05, 4.69) is 30.9 Å². The smallest absolute Gasteiger partial charge is 0.337 e. The largest absolute Gasteiger partial charge is 0.465 e. The molecule has 1 amide bonds. The molecular formula is C31H24N6O3S. The van der Waals surface area contributed by atoms with Crippen LogP contribution in [0.3, 0.4) is 0 Å². The number of aromatic nitrogens is 3. The van der Waals surface area contributed by atoms with E-state index in [9.17, 15) is 9.59 Å². The molecule has 0 unspecified atom stereocenters. The minimum Gasteiger partial charge on any atom is -0.465 e. The van der Waals surface area contributed by atoms with Gasteiger partial charge in [-0.2, -0.15) is 0 Å². The van der Waals surface area contributed by atoms with Crippen LogP contribution in [0.5, 0.6) is 0 Å². The number of pyridine rings is 1. The SMILES string of the molecule is COC(=O)c1ccc(Nc2nccc3c(NC(=O)c4csc5c(Nc6ccccc6)ncnc45)c(C)ccc23)cc1. The number of esters is 1. The Morgan fingerprint density at radius 2 is 1.56 bits per heavy atom. The topological polar surface area (TPSA) is 118 Å². The molecule has 0 saturated carbocycles. The van der Waals surface area contributed by atoms with Gasteiger partial charge in [0.25, 0.3) is 5.91 Å². The molecule has 0 radical (unpaired) electrons. The van der Waals surface area contributed by atoms with Crippen LogP contribution in [0.25, 0.3) is 21.0 Å². The predicted octanol–water partition coefficient (Wildman–Crippen LogP) is 7.07. The Hall–Kier alpha value is -5.35. The molecule has 0 aliphatic heterocycles. The molecular weight excluding hydrogens is 536 g/mol. The van der Waals surface area contributed by atoms with Gasteiger partial charge in [-0.25, -0.2) is 19.7 Å². The van der Waals surface area contributed by atoms with Crippen molar-refractivity contribution in [2.75, 3.05) is 23.1 Å². The molecule has 0 spiro atoms. The number of fused-ring (bicyclic) bond motifs is 2. The molecule has 3 heterocycles. The van der Waals surface area contributed by atoms with Gasteiger partial charge < -0.3 is 20.7 Å². The summed E-state index contributed by atoms with van der Waals surface area (Å²) >= 11 is 1.42. The molecule has 6 rings (SSSR count). The van der Waals surface area contributed by atoms with Crippen LogP contribution in [0, 0.1) is 6.92 Å². The number of para-hydroxylation sites is 1. The van der Waals surface area contributed by atoms with E-state index in [0.29, 0.717) is 34.0 Å². The van der Waals surface area contributed by atoms with E-state index in [0.717, 1.165) is 32.4 Å². The van der Waals surface area contributed by atoms with Crippen molar-refractivity contribution < 1.29 is 14.3 Å². The standard InChI is InChI=1S/C31H24N6O3S/c1-18-8-13-23-22(14-15-32-28(23)35-21-11-9-19(10-12-21)31(39)40-2)25(18)37-30(38)24-16-41-27-26(24)33-17-34-29(27)36-20-6-4-3-5-7-20/h3-17H,1-2H3,(H,32,35)(H,37,38)(H,33,34,36). The number of anilines is 5. The molecule has 0 bridgehead atoms. The molecule has 0 saturated heterocycles. The monoisotopic (exact) mass is 560 g/mol. The number of carbonyl (C=O) groups is 2. The van der Waals surface area contributed by atoms with Crippen LogP contribution >= 0.6 is 11.3 Å². The average Bonchev–Trinajstić information content (AvgIpc) is 3.45.